The second-order valence-electron chi connectivity index (χ2n) is 4.90. The third-order valence-electron chi connectivity index (χ3n) is 3.72. The maximum atomic E-state index is 9.81. The second-order valence-corrected chi connectivity index (χ2v) is 4.90. The molecule has 3 heteroatoms. The predicted molar refractivity (Wildman–Crippen MR) is 80.5 cm³/mol. The molecule has 1 aromatic rings. The summed E-state index contributed by atoms with van der Waals surface area (Å²) in [6, 6.07) is 8.51. The van der Waals surface area contributed by atoms with Crippen LogP contribution < -0.4 is 4.90 Å². The Bertz CT molecular complexity index is 346. The molecule has 2 N–H and O–H groups in total. The van der Waals surface area contributed by atoms with E-state index >= 15 is 0 Å². The molecule has 19 heavy (non-hydrogen) atoms. The van der Waals surface area contributed by atoms with E-state index in [4.69, 9.17) is 0 Å². The molecule has 0 bridgehead atoms. The summed E-state index contributed by atoms with van der Waals surface area (Å²) in [5.74, 6) is 0. The molecule has 0 aliphatic rings. The van der Waals surface area contributed by atoms with E-state index in [0.29, 0.717) is 12.6 Å². The maximum Gasteiger partial charge on any atom is 0.0787 e. The summed E-state index contributed by atoms with van der Waals surface area (Å²) >= 11 is 0. The molecule has 0 fully saturated rings. The molecular formula is C16H27NO2. The van der Waals surface area contributed by atoms with Crippen LogP contribution in [0.15, 0.2) is 24.3 Å². The molecule has 0 amide bonds. The Labute approximate surface area is 116 Å². The minimum absolute atomic E-state index is 0.163. The van der Waals surface area contributed by atoms with Crippen molar-refractivity contribution in [3.8, 4) is 0 Å². The van der Waals surface area contributed by atoms with Crippen molar-refractivity contribution in [1.29, 1.82) is 0 Å². The van der Waals surface area contributed by atoms with E-state index in [2.05, 4.69) is 18.7 Å². The standard InChI is InChI=1S/C16H27NO2/c1-4-14(5-2)17(11-12-18)15-9-7-13(8-10-15)16(19)6-3/h7-10,14,16,18-19H,4-6,11-12H2,1-3H3/t16-/m0/s1. The van der Waals surface area contributed by atoms with Gasteiger partial charge in [-0.15, -0.1) is 0 Å². The monoisotopic (exact) mass is 265 g/mol. The van der Waals surface area contributed by atoms with Gasteiger partial charge in [0.05, 0.1) is 12.7 Å². The quantitative estimate of drug-likeness (QED) is 0.759. The van der Waals surface area contributed by atoms with Gasteiger partial charge in [-0.05, 0) is 37.0 Å². The van der Waals surface area contributed by atoms with Crippen LogP contribution in [-0.2, 0) is 0 Å². The Morgan fingerprint density at radius 1 is 1.00 bits per heavy atom. The average Bonchev–Trinajstić information content (AvgIpc) is 2.47. The Morgan fingerprint density at radius 2 is 1.58 bits per heavy atom. The lowest BCUT2D eigenvalue weighted by Crippen LogP contribution is -2.36. The number of nitrogens with zero attached hydrogens (tertiary/aromatic N) is 1. The summed E-state index contributed by atoms with van der Waals surface area (Å²) in [6.45, 7) is 7.14. The SMILES string of the molecule is CCC(CC)N(CCO)c1ccc([C@@H](O)CC)cc1. The fourth-order valence-corrected chi connectivity index (χ4v) is 2.48. The fraction of sp³-hybridized carbons (Fsp3) is 0.625. The summed E-state index contributed by atoms with van der Waals surface area (Å²) < 4.78 is 0. The smallest absolute Gasteiger partial charge is 0.0787 e. The van der Waals surface area contributed by atoms with Gasteiger partial charge in [-0.3, -0.25) is 0 Å². The Morgan fingerprint density at radius 3 is 2.00 bits per heavy atom. The number of hydrogen-bond donors (Lipinski definition) is 2. The number of hydrogen-bond acceptors (Lipinski definition) is 3. The van der Waals surface area contributed by atoms with Gasteiger partial charge in [-0.25, -0.2) is 0 Å². The lowest BCUT2D eigenvalue weighted by Gasteiger charge is -2.32. The first-order valence-corrected chi connectivity index (χ1v) is 7.33. The highest BCUT2D eigenvalue weighted by Crippen LogP contribution is 2.24. The highest BCUT2D eigenvalue weighted by molar-refractivity contribution is 5.49. The van der Waals surface area contributed by atoms with E-state index < -0.39 is 0 Å². The van der Waals surface area contributed by atoms with Crippen LogP contribution in [0.2, 0.25) is 0 Å². The molecule has 0 aliphatic carbocycles. The zero-order valence-corrected chi connectivity index (χ0v) is 12.3. The molecule has 1 atom stereocenters. The minimum atomic E-state index is -0.381. The first-order chi connectivity index (χ1) is 9.17. The van der Waals surface area contributed by atoms with Crippen molar-refractivity contribution >= 4 is 5.69 Å². The summed E-state index contributed by atoms with van der Waals surface area (Å²) in [4.78, 5) is 2.25. The van der Waals surface area contributed by atoms with Gasteiger partial charge in [0.1, 0.15) is 0 Å². The maximum absolute atomic E-state index is 9.81. The highest BCUT2D eigenvalue weighted by atomic mass is 16.3. The second kappa shape index (κ2) is 8.18. The Hall–Kier alpha value is -1.06. The van der Waals surface area contributed by atoms with Gasteiger partial charge in [0, 0.05) is 18.3 Å². The molecule has 0 aliphatic heterocycles. The van der Waals surface area contributed by atoms with E-state index in [0.717, 1.165) is 30.5 Å². The lowest BCUT2D eigenvalue weighted by atomic mass is 10.0. The molecular weight excluding hydrogens is 238 g/mol. The third-order valence-corrected chi connectivity index (χ3v) is 3.72. The van der Waals surface area contributed by atoms with Gasteiger partial charge in [-0.1, -0.05) is 32.9 Å². The van der Waals surface area contributed by atoms with Crippen LogP contribution in [0.1, 0.15) is 51.7 Å². The summed E-state index contributed by atoms with van der Waals surface area (Å²) in [5.41, 5.74) is 2.08. The largest absolute Gasteiger partial charge is 0.395 e. The van der Waals surface area contributed by atoms with Crippen molar-refractivity contribution in [1.82, 2.24) is 0 Å². The van der Waals surface area contributed by atoms with Gasteiger partial charge in [-0.2, -0.15) is 0 Å². The van der Waals surface area contributed by atoms with Crippen LogP contribution in [0.25, 0.3) is 0 Å². The first-order valence-electron chi connectivity index (χ1n) is 7.33. The van der Waals surface area contributed by atoms with E-state index in [1.165, 1.54) is 0 Å². The van der Waals surface area contributed by atoms with E-state index in [1.807, 2.05) is 31.2 Å². The summed E-state index contributed by atoms with van der Waals surface area (Å²) in [5, 5.41) is 19.0. The van der Waals surface area contributed by atoms with Gasteiger partial charge >= 0.3 is 0 Å². The Balaban J connectivity index is 2.90. The highest BCUT2D eigenvalue weighted by Gasteiger charge is 2.15. The number of anilines is 1. The van der Waals surface area contributed by atoms with Crippen molar-refractivity contribution < 1.29 is 10.2 Å². The lowest BCUT2D eigenvalue weighted by molar-refractivity contribution is 0.173. The molecule has 0 heterocycles. The van der Waals surface area contributed by atoms with Crippen molar-refractivity contribution in [3.05, 3.63) is 29.8 Å². The third kappa shape index (κ3) is 4.22. The Kier molecular flexibility index (Phi) is 6.89. The number of aliphatic hydroxyl groups is 2. The average molecular weight is 265 g/mol. The van der Waals surface area contributed by atoms with Gasteiger partial charge in [0.25, 0.3) is 0 Å². The predicted octanol–water partition coefficient (Wildman–Crippen LogP) is 3.12. The molecule has 0 aromatic heterocycles. The number of benzene rings is 1. The van der Waals surface area contributed by atoms with Crippen LogP contribution >= 0.6 is 0 Å². The molecule has 0 spiro atoms. The zero-order valence-electron chi connectivity index (χ0n) is 12.3. The summed E-state index contributed by atoms with van der Waals surface area (Å²) in [6.07, 6.45) is 2.48. The molecule has 0 unspecified atom stereocenters. The van der Waals surface area contributed by atoms with Crippen molar-refractivity contribution in [2.45, 2.75) is 52.2 Å². The summed E-state index contributed by atoms with van der Waals surface area (Å²) in [7, 11) is 0. The number of aliphatic hydroxyl groups excluding tert-OH is 2. The van der Waals surface area contributed by atoms with Crippen LogP contribution in [0, 0.1) is 0 Å². The van der Waals surface area contributed by atoms with Crippen molar-refractivity contribution in [3.63, 3.8) is 0 Å². The fourth-order valence-electron chi connectivity index (χ4n) is 2.48. The van der Waals surface area contributed by atoms with Crippen molar-refractivity contribution in [2.75, 3.05) is 18.1 Å². The van der Waals surface area contributed by atoms with Gasteiger partial charge in [0.15, 0.2) is 0 Å². The number of rotatable bonds is 8. The van der Waals surface area contributed by atoms with Crippen LogP contribution in [0.4, 0.5) is 5.69 Å². The molecule has 0 radical (unpaired) electrons. The first kappa shape index (κ1) is 16.0. The van der Waals surface area contributed by atoms with Crippen LogP contribution in [-0.4, -0.2) is 29.4 Å². The molecule has 3 nitrogen and oxygen atoms in total. The molecule has 1 rings (SSSR count). The molecule has 108 valence electrons. The normalized spacial score (nSPS) is 12.7. The molecule has 0 saturated carbocycles. The van der Waals surface area contributed by atoms with Crippen molar-refractivity contribution in [2.24, 2.45) is 0 Å². The minimum Gasteiger partial charge on any atom is -0.395 e. The topological polar surface area (TPSA) is 43.7 Å². The van der Waals surface area contributed by atoms with E-state index in [1.54, 1.807) is 0 Å². The zero-order chi connectivity index (χ0) is 14.3. The van der Waals surface area contributed by atoms with E-state index in [9.17, 15) is 10.2 Å². The van der Waals surface area contributed by atoms with Crippen LogP contribution in [0.3, 0.4) is 0 Å². The molecule has 1 aromatic carbocycles. The van der Waals surface area contributed by atoms with Gasteiger partial charge in [0.2, 0.25) is 0 Å². The van der Waals surface area contributed by atoms with E-state index in [-0.39, 0.29) is 12.7 Å². The molecule has 0 saturated heterocycles. The van der Waals surface area contributed by atoms with Crippen LogP contribution in [0.5, 0.6) is 0 Å². The van der Waals surface area contributed by atoms with Gasteiger partial charge < -0.3 is 15.1 Å².